The molecule has 0 fully saturated rings. The number of carbonyl (C=O) groups excluding carboxylic acids is 1. The molecule has 0 saturated carbocycles. The maximum absolute atomic E-state index is 10.6. The van der Waals surface area contributed by atoms with Gasteiger partial charge in [0.1, 0.15) is 5.82 Å². The van der Waals surface area contributed by atoms with Crippen molar-refractivity contribution in [2.24, 2.45) is 0 Å². The highest BCUT2D eigenvalue weighted by molar-refractivity contribution is 5.88. The first-order valence-electron chi connectivity index (χ1n) is 3.59. The first kappa shape index (κ1) is 11.7. The molecule has 0 spiro atoms. The van der Waals surface area contributed by atoms with Gasteiger partial charge in [-0.15, -0.1) is 12.4 Å². The molecule has 0 unspecified atom stereocenters. The summed E-state index contributed by atoms with van der Waals surface area (Å²) in [7, 11) is 0. The molecule has 0 radical (unpaired) electrons. The molecule has 1 rings (SSSR count). The molecule has 0 saturated heterocycles. The quantitative estimate of drug-likeness (QED) is 0.721. The molecule has 1 aromatic rings. The lowest BCUT2D eigenvalue weighted by atomic mass is 10.2. The van der Waals surface area contributed by atoms with E-state index in [0.717, 1.165) is 5.56 Å². The van der Waals surface area contributed by atoms with Gasteiger partial charge in [0.05, 0.1) is 0 Å². The minimum absolute atomic E-state index is 0. The molecule has 0 aromatic carbocycles. The number of anilines is 2. The fourth-order valence-corrected chi connectivity index (χ4v) is 0.788. The summed E-state index contributed by atoms with van der Waals surface area (Å²) in [6.45, 7) is 3.29. The van der Waals surface area contributed by atoms with E-state index in [1.807, 2.05) is 6.92 Å². The molecule has 4 nitrogen and oxygen atoms in total. The Kier molecular flexibility index (Phi) is 4.20. The Labute approximate surface area is 83.0 Å². The third-order valence-corrected chi connectivity index (χ3v) is 1.45. The molecule has 1 aromatic heterocycles. The van der Waals surface area contributed by atoms with Crippen molar-refractivity contribution in [1.82, 2.24) is 4.98 Å². The van der Waals surface area contributed by atoms with E-state index in [1.54, 1.807) is 12.3 Å². The topological polar surface area (TPSA) is 68.0 Å². The summed E-state index contributed by atoms with van der Waals surface area (Å²) in [6, 6.07) is 1.64. The van der Waals surface area contributed by atoms with Crippen LogP contribution in [0.4, 0.5) is 11.5 Å². The summed E-state index contributed by atoms with van der Waals surface area (Å²) >= 11 is 0. The van der Waals surface area contributed by atoms with Crippen LogP contribution < -0.4 is 11.1 Å². The first-order valence-corrected chi connectivity index (χ1v) is 3.59. The molecule has 5 heteroatoms. The van der Waals surface area contributed by atoms with E-state index in [2.05, 4.69) is 10.3 Å². The van der Waals surface area contributed by atoms with E-state index >= 15 is 0 Å². The van der Waals surface area contributed by atoms with Crippen LogP contribution in [-0.4, -0.2) is 10.9 Å². The molecule has 0 aliphatic carbocycles. The number of halogens is 1. The van der Waals surface area contributed by atoms with Crippen LogP contribution >= 0.6 is 12.4 Å². The molecular formula is C8H12ClN3O. The number of carbonyl (C=O) groups is 1. The number of nitrogens with two attached hydrogens (primary N) is 1. The highest BCUT2D eigenvalue weighted by Gasteiger charge is 1.98. The number of aromatic nitrogens is 1. The van der Waals surface area contributed by atoms with Gasteiger partial charge in [-0.1, -0.05) is 0 Å². The lowest BCUT2D eigenvalue weighted by Crippen LogP contribution is -2.08. The molecule has 0 aliphatic heterocycles. The van der Waals surface area contributed by atoms with Crippen molar-refractivity contribution >= 4 is 29.8 Å². The number of pyridine rings is 1. The summed E-state index contributed by atoms with van der Waals surface area (Å²) in [6.07, 6.45) is 1.63. The second-order valence-electron chi connectivity index (χ2n) is 2.61. The Morgan fingerprint density at radius 2 is 2.23 bits per heavy atom. The predicted molar refractivity (Wildman–Crippen MR) is 54.9 cm³/mol. The average molecular weight is 202 g/mol. The van der Waals surface area contributed by atoms with Gasteiger partial charge >= 0.3 is 0 Å². The number of nitrogen functional groups attached to an aromatic ring is 1. The lowest BCUT2D eigenvalue weighted by Gasteiger charge is -2.03. The van der Waals surface area contributed by atoms with Gasteiger partial charge in [-0.3, -0.25) is 4.79 Å². The number of hydrogen-bond donors (Lipinski definition) is 2. The third kappa shape index (κ3) is 3.29. The van der Waals surface area contributed by atoms with E-state index in [9.17, 15) is 4.79 Å². The Bertz CT molecular complexity index is 314. The van der Waals surface area contributed by atoms with E-state index in [1.165, 1.54) is 6.92 Å². The number of rotatable bonds is 1. The summed E-state index contributed by atoms with van der Waals surface area (Å²) in [5.41, 5.74) is 7.14. The average Bonchev–Trinajstić information content (AvgIpc) is 1.96. The van der Waals surface area contributed by atoms with Crippen LogP contribution in [0.1, 0.15) is 12.5 Å². The molecular weight excluding hydrogens is 190 g/mol. The molecule has 72 valence electrons. The Morgan fingerprint density at radius 1 is 1.62 bits per heavy atom. The molecule has 0 bridgehead atoms. The van der Waals surface area contributed by atoms with Gasteiger partial charge in [0.15, 0.2) is 0 Å². The highest BCUT2D eigenvalue weighted by atomic mass is 35.5. The number of amides is 1. The number of aryl methyl sites for hydroxylation is 1. The van der Waals surface area contributed by atoms with Gasteiger partial charge in [0.2, 0.25) is 5.91 Å². The van der Waals surface area contributed by atoms with Gasteiger partial charge in [-0.05, 0) is 12.5 Å². The molecule has 0 aliphatic rings. The second-order valence-corrected chi connectivity index (χ2v) is 2.61. The van der Waals surface area contributed by atoms with Crippen LogP contribution in [0.5, 0.6) is 0 Å². The van der Waals surface area contributed by atoms with Crippen molar-refractivity contribution in [3.8, 4) is 0 Å². The van der Waals surface area contributed by atoms with Gasteiger partial charge in [0, 0.05) is 24.9 Å². The van der Waals surface area contributed by atoms with E-state index in [-0.39, 0.29) is 18.3 Å². The summed E-state index contributed by atoms with van der Waals surface area (Å²) in [5.74, 6) is 0.344. The standard InChI is InChI=1S/C8H11N3O.ClH/c1-5-4-10-8(3-7(5)9)11-6(2)12;/h3-4H,1-2H3,(H3,9,10,11,12);1H. The maximum atomic E-state index is 10.6. The summed E-state index contributed by atoms with van der Waals surface area (Å²) in [4.78, 5) is 14.6. The van der Waals surface area contributed by atoms with Gasteiger partial charge < -0.3 is 11.1 Å². The van der Waals surface area contributed by atoms with Crippen LogP contribution in [0, 0.1) is 6.92 Å². The van der Waals surface area contributed by atoms with Crippen molar-refractivity contribution in [2.75, 3.05) is 11.1 Å². The maximum Gasteiger partial charge on any atom is 0.222 e. The fourth-order valence-electron chi connectivity index (χ4n) is 0.788. The van der Waals surface area contributed by atoms with Gasteiger partial charge in [0.25, 0.3) is 0 Å². The zero-order valence-electron chi connectivity index (χ0n) is 7.50. The van der Waals surface area contributed by atoms with Crippen LogP contribution in [0.25, 0.3) is 0 Å². The Hall–Kier alpha value is -1.29. The van der Waals surface area contributed by atoms with Crippen LogP contribution in [-0.2, 0) is 4.79 Å². The van der Waals surface area contributed by atoms with Gasteiger partial charge in [-0.2, -0.15) is 0 Å². The summed E-state index contributed by atoms with van der Waals surface area (Å²) in [5, 5.41) is 2.54. The largest absolute Gasteiger partial charge is 0.398 e. The van der Waals surface area contributed by atoms with E-state index in [4.69, 9.17) is 5.73 Å². The predicted octanol–water partition coefficient (Wildman–Crippen LogP) is 1.35. The monoisotopic (exact) mass is 201 g/mol. The minimum atomic E-state index is -0.147. The van der Waals surface area contributed by atoms with Crippen LogP contribution in [0.3, 0.4) is 0 Å². The highest BCUT2D eigenvalue weighted by Crippen LogP contribution is 2.12. The van der Waals surface area contributed by atoms with Crippen molar-refractivity contribution in [3.63, 3.8) is 0 Å². The lowest BCUT2D eigenvalue weighted by molar-refractivity contribution is -0.114. The van der Waals surface area contributed by atoms with Crippen molar-refractivity contribution in [1.29, 1.82) is 0 Å². The van der Waals surface area contributed by atoms with Gasteiger partial charge in [-0.25, -0.2) is 4.98 Å². The Morgan fingerprint density at radius 3 is 2.69 bits per heavy atom. The number of nitrogens with one attached hydrogen (secondary N) is 1. The number of nitrogens with zero attached hydrogens (tertiary/aromatic N) is 1. The molecule has 1 amide bonds. The molecule has 1 heterocycles. The second kappa shape index (κ2) is 4.67. The van der Waals surface area contributed by atoms with E-state index in [0.29, 0.717) is 11.5 Å². The molecule has 13 heavy (non-hydrogen) atoms. The Balaban J connectivity index is 0.00000144. The van der Waals surface area contributed by atoms with Crippen molar-refractivity contribution in [3.05, 3.63) is 17.8 Å². The third-order valence-electron chi connectivity index (χ3n) is 1.45. The van der Waals surface area contributed by atoms with Crippen LogP contribution in [0.15, 0.2) is 12.3 Å². The first-order chi connectivity index (χ1) is 5.59. The minimum Gasteiger partial charge on any atom is -0.398 e. The smallest absolute Gasteiger partial charge is 0.222 e. The fraction of sp³-hybridized carbons (Fsp3) is 0.250. The zero-order valence-corrected chi connectivity index (χ0v) is 8.31. The van der Waals surface area contributed by atoms with Crippen LogP contribution in [0.2, 0.25) is 0 Å². The van der Waals surface area contributed by atoms with E-state index < -0.39 is 0 Å². The molecule has 0 atom stereocenters. The zero-order chi connectivity index (χ0) is 9.14. The molecule has 3 N–H and O–H groups in total. The number of hydrogen-bond acceptors (Lipinski definition) is 3. The summed E-state index contributed by atoms with van der Waals surface area (Å²) < 4.78 is 0. The SMILES string of the molecule is CC(=O)Nc1cc(N)c(C)cn1.Cl. The normalized spacial score (nSPS) is 8.77. The van der Waals surface area contributed by atoms with Crippen molar-refractivity contribution < 1.29 is 4.79 Å². The van der Waals surface area contributed by atoms with Crippen molar-refractivity contribution in [2.45, 2.75) is 13.8 Å².